The number of halogens is 1. The largest absolute Gasteiger partial charge is 0.365 e. The van der Waals surface area contributed by atoms with Crippen LogP contribution in [0.5, 0.6) is 0 Å². The highest BCUT2D eigenvalue weighted by Gasteiger charge is 2.68. The van der Waals surface area contributed by atoms with Crippen molar-refractivity contribution in [1.29, 1.82) is 0 Å². The average molecular weight is 393 g/mol. The summed E-state index contributed by atoms with van der Waals surface area (Å²) < 4.78 is 6.25. The van der Waals surface area contributed by atoms with Gasteiger partial charge in [0.2, 0.25) is 0 Å². The third kappa shape index (κ3) is 1.95. The van der Waals surface area contributed by atoms with Crippen molar-refractivity contribution in [1.82, 2.24) is 0 Å². The molecule has 0 amide bonds. The molecule has 24 heavy (non-hydrogen) atoms. The zero-order valence-corrected chi connectivity index (χ0v) is 16.5. The predicted molar refractivity (Wildman–Crippen MR) is 98.0 cm³/mol. The first kappa shape index (κ1) is 16.1. The fourth-order valence-electron chi connectivity index (χ4n) is 7.52. The van der Waals surface area contributed by atoms with Gasteiger partial charge in [-0.15, -0.1) is 0 Å². The lowest BCUT2D eigenvalue weighted by molar-refractivity contribution is -0.117. The van der Waals surface area contributed by atoms with Crippen LogP contribution in [0.3, 0.4) is 0 Å². The van der Waals surface area contributed by atoms with Crippen LogP contribution in [0, 0.1) is 34.5 Å². The maximum Gasteiger partial charge on any atom is 0.155 e. The second kappa shape index (κ2) is 5.19. The van der Waals surface area contributed by atoms with E-state index in [0.717, 1.165) is 41.8 Å². The summed E-state index contributed by atoms with van der Waals surface area (Å²) in [6, 6.07) is 0. The molecule has 5 aliphatic rings. The highest BCUT2D eigenvalue weighted by atomic mass is 79.9. The molecule has 132 valence electrons. The minimum atomic E-state index is 0.227. The van der Waals surface area contributed by atoms with E-state index in [1.807, 2.05) is 6.08 Å². The second-order valence-electron chi connectivity index (χ2n) is 9.59. The van der Waals surface area contributed by atoms with Gasteiger partial charge in [0, 0.05) is 11.8 Å². The van der Waals surface area contributed by atoms with Crippen LogP contribution in [0.25, 0.3) is 0 Å². The highest BCUT2D eigenvalue weighted by molar-refractivity contribution is 9.09. The summed E-state index contributed by atoms with van der Waals surface area (Å²) in [6.07, 6.45) is 11.3. The van der Waals surface area contributed by atoms with E-state index in [1.165, 1.54) is 37.7 Å². The topological polar surface area (TPSA) is 29.6 Å². The summed E-state index contributed by atoms with van der Waals surface area (Å²) >= 11 is 3.68. The van der Waals surface area contributed by atoms with Gasteiger partial charge in [0.05, 0.1) is 6.10 Å². The van der Waals surface area contributed by atoms with E-state index in [-0.39, 0.29) is 11.5 Å². The highest BCUT2D eigenvalue weighted by Crippen LogP contribution is 2.70. The Morgan fingerprint density at radius 2 is 2.04 bits per heavy atom. The van der Waals surface area contributed by atoms with Crippen molar-refractivity contribution in [3.05, 3.63) is 11.6 Å². The normalized spacial score (nSPS) is 55.1. The van der Waals surface area contributed by atoms with Gasteiger partial charge in [-0.25, -0.2) is 0 Å². The minimum absolute atomic E-state index is 0.227. The molecule has 4 fully saturated rings. The van der Waals surface area contributed by atoms with Gasteiger partial charge in [-0.05, 0) is 84.7 Å². The molecule has 0 N–H and O–H groups in total. The summed E-state index contributed by atoms with van der Waals surface area (Å²) in [7, 11) is 0. The maximum absolute atomic E-state index is 12.0. The first-order valence-corrected chi connectivity index (χ1v) is 11.1. The molecule has 1 saturated heterocycles. The van der Waals surface area contributed by atoms with Gasteiger partial charge in [-0.2, -0.15) is 0 Å². The molecule has 1 heterocycles. The number of ketones is 1. The molecule has 0 aromatic carbocycles. The van der Waals surface area contributed by atoms with Crippen LogP contribution in [0.4, 0.5) is 0 Å². The second-order valence-corrected chi connectivity index (χ2v) is 10.4. The number of epoxide rings is 1. The Morgan fingerprint density at radius 1 is 1.21 bits per heavy atom. The molecule has 0 bridgehead atoms. The monoisotopic (exact) mass is 392 g/mol. The number of hydrogen-bond acceptors (Lipinski definition) is 2. The van der Waals surface area contributed by atoms with Gasteiger partial charge in [0.25, 0.3) is 0 Å². The Balaban J connectivity index is 1.51. The average Bonchev–Trinajstić information content (AvgIpc) is 3.27. The maximum atomic E-state index is 12.0. The zero-order chi connectivity index (χ0) is 16.7. The lowest BCUT2D eigenvalue weighted by Gasteiger charge is -2.56. The first-order chi connectivity index (χ1) is 11.5. The van der Waals surface area contributed by atoms with Crippen molar-refractivity contribution in [2.24, 2.45) is 34.5 Å². The number of carbonyl (C=O) groups is 1. The number of fused-ring (bicyclic) bond motifs is 8. The smallest absolute Gasteiger partial charge is 0.155 e. The molecule has 0 spiro atoms. The molecule has 4 aliphatic carbocycles. The van der Waals surface area contributed by atoms with Crippen molar-refractivity contribution in [3.8, 4) is 0 Å². The third-order valence-corrected chi connectivity index (χ3v) is 9.34. The van der Waals surface area contributed by atoms with Crippen molar-refractivity contribution in [2.75, 3.05) is 5.33 Å². The summed E-state index contributed by atoms with van der Waals surface area (Å²) in [5.74, 6) is 3.53. The van der Waals surface area contributed by atoms with Crippen LogP contribution >= 0.6 is 15.9 Å². The molecular weight excluding hydrogens is 364 g/mol. The molecule has 3 heteroatoms. The number of carbonyl (C=O) groups excluding carboxylic acids is 1. The van der Waals surface area contributed by atoms with Crippen LogP contribution in [0.2, 0.25) is 0 Å². The summed E-state index contributed by atoms with van der Waals surface area (Å²) in [5, 5.41) is 1.14. The molecule has 8 atom stereocenters. The van der Waals surface area contributed by atoms with Crippen LogP contribution < -0.4 is 0 Å². The molecule has 0 aromatic heterocycles. The Hall–Kier alpha value is -0.150. The Bertz CT molecular complexity index is 613. The summed E-state index contributed by atoms with van der Waals surface area (Å²) in [5.41, 5.74) is 2.11. The van der Waals surface area contributed by atoms with Crippen LogP contribution in [0.1, 0.15) is 58.8 Å². The summed E-state index contributed by atoms with van der Waals surface area (Å²) in [4.78, 5) is 12.0. The lowest BCUT2D eigenvalue weighted by atomic mass is 9.47. The molecule has 5 rings (SSSR count). The molecule has 0 aromatic rings. The fourth-order valence-corrected chi connectivity index (χ4v) is 8.07. The van der Waals surface area contributed by atoms with E-state index < -0.39 is 0 Å². The van der Waals surface area contributed by atoms with E-state index in [4.69, 9.17) is 4.74 Å². The number of alkyl halides is 1. The van der Waals surface area contributed by atoms with Gasteiger partial charge < -0.3 is 4.74 Å². The summed E-state index contributed by atoms with van der Waals surface area (Å²) in [6.45, 7) is 5.04. The van der Waals surface area contributed by atoms with Crippen LogP contribution in [-0.2, 0) is 9.53 Å². The quantitative estimate of drug-likeness (QED) is 0.493. The first-order valence-electron chi connectivity index (χ1n) is 9.95. The Morgan fingerprint density at radius 3 is 2.83 bits per heavy atom. The third-order valence-electron chi connectivity index (χ3n) is 8.88. The zero-order valence-electron chi connectivity index (χ0n) is 14.9. The van der Waals surface area contributed by atoms with E-state index in [9.17, 15) is 4.79 Å². The van der Waals surface area contributed by atoms with Crippen LogP contribution in [-0.4, -0.2) is 23.3 Å². The number of rotatable bonds is 2. The SMILES string of the molecule is C[C@]12CCC(=O)C=C1[C@@H]1O[C@@H]1C1C2CC[C@@]2(C)C1CC[C@@H]2CCBr. The molecule has 2 nitrogen and oxygen atoms in total. The lowest BCUT2D eigenvalue weighted by Crippen LogP contribution is -2.53. The van der Waals surface area contributed by atoms with E-state index in [0.29, 0.717) is 17.3 Å². The number of hydrogen-bond donors (Lipinski definition) is 0. The van der Waals surface area contributed by atoms with Crippen LogP contribution in [0.15, 0.2) is 11.6 Å². The Kier molecular flexibility index (Phi) is 3.47. The van der Waals surface area contributed by atoms with Crippen molar-refractivity contribution in [2.45, 2.75) is 71.0 Å². The fraction of sp³-hybridized carbons (Fsp3) is 0.857. The van der Waals surface area contributed by atoms with E-state index >= 15 is 0 Å². The van der Waals surface area contributed by atoms with Gasteiger partial charge in [-0.3, -0.25) is 4.79 Å². The van der Waals surface area contributed by atoms with Crippen molar-refractivity contribution in [3.63, 3.8) is 0 Å². The molecule has 1 aliphatic heterocycles. The Labute approximate surface area is 153 Å². The molecular formula is C21H29BrO2. The van der Waals surface area contributed by atoms with Gasteiger partial charge >= 0.3 is 0 Å². The van der Waals surface area contributed by atoms with Crippen molar-refractivity contribution >= 4 is 21.7 Å². The van der Waals surface area contributed by atoms with Crippen molar-refractivity contribution < 1.29 is 9.53 Å². The molecule has 3 unspecified atom stereocenters. The minimum Gasteiger partial charge on any atom is -0.365 e. The molecule has 0 radical (unpaired) electrons. The van der Waals surface area contributed by atoms with Gasteiger partial charge in [-0.1, -0.05) is 29.8 Å². The molecule has 3 saturated carbocycles. The van der Waals surface area contributed by atoms with E-state index in [1.54, 1.807) is 0 Å². The standard InChI is InChI=1S/C21H29BrO2/c1-20-9-6-15-17(14(20)4-3-12(20)7-10-22)19-18(24-19)16-11-13(23)5-8-21(15,16)2/h11-12,14-15,17-19H,3-10H2,1-2H3/t12-,14?,15?,17?,18+,19-,20-,21-/m1/s1. The predicted octanol–water partition coefficient (Wildman–Crippen LogP) is 4.91. The van der Waals surface area contributed by atoms with E-state index in [2.05, 4.69) is 29.8 Å². The number of ether oxygens (including phenoxy) is 1. The van der Waals surface area contributed by atoms with Gasteiger partial charge in [0.1, 0.15) is 6.10 Å². The van der Waals surface area contributed by atoms with Gasteiger partial charge in [0.15, 0.2) is 5.78 Å².